The highest BCUT2D eigenvalue weighted by molar-refractivity contribution is 5.93. The molecule has 4 aliphatic rings. The van der Waals surface area contributed by atoms with Crippen molar-refractivity contribution in [3.05, 3.63) is 31.9 Å². The maximum absolute atomic E-state index is 14.1. The molecule has 0 aliphatic heterocycles. The van der Waals surface area contributed by atoms with E-state index in [4.69, 9.17) is 9.47 Å². The van der Waals surface area contributed by atoms with Gasteiger partial charge in [-0.2, -0.15) is 0 Å². The van der Waals surface area contributed by atoms with Gasteiger partial charge in [-0.25, -0.2) is 0 Å². The van der Waals surface area contributed by atoms with Gasteiger partial charge in [0.25, 0.3) is 10.2 Å². The van der Waals surface area contributed by atoms with Crippen LogP contribution in [0.2, 0.25) is 0 Å². The number of carbonyl (C=O) groups is 4. The number of fused-ring (bicyclic) bond motifs is 5. The highest BCUT2D eigenvalue weighted by Crippen LogP contribution is 2.68. The molecule has 15 heteroatoms. The monoisotopic (exact) mass is 652 g/mol. The Balaban J connectivity index is 1.52. The van der Waals surface area contributed by atoms with Crippen molar-refractivity contribution < 1.29 is 53.6 Å². The number of allylic oxidation sites excluding steroid dienone is 1. The van der Waals surface area contributed by atoms with Crippen LogP contribution in [0.1, 0.15) is 97.3 Å². The number of aliphatic hydroxyl groups excluding tert-OH is 1. The first-order valence-electron chi connectivity index (χ1n) is 16.1. The third-order valence-corrected chi connectivity index (χ3v) is 11.1. The first-order valence-corrected chi connectivity index (χ1v) is 16.1. The van der Waals surface area contributed by atoms with Gasteiger partial charge in [-0.3, -0.25) is 19.2 Å². The normalized spacial score (nSPS) is 33.0. The van der Waals surface area contributed by atoms with Crippen molar-refractivity contribution >= 4 is 23.5 Å². The average Bonchev–Trinajstić information content (AvgIpc) is 3.27. The van der Waals surface area contributed by atoms with E-state index in [1.807, 2.05) is 6.92 Å². The second-order valence-electron chi connectivity index (χ2n) is 13.5. The Morgan fingerprint density at radius 3 is 2.30 bits per heavy atom. The fraction of sp³-hybridized carbons (Fsp3) is 0.806. The van der Waals surface area contributed by atoms with E-state index >= 15 is 0 Å². The minimum atomic E-state index is -1.66. The van der Waals surface area contributed by atoms with E-state index in [2.05, 4.69) is 16.6 Å². The summed E-state index contributed by atoms with van der Waals surface area (Å²) in [7, 11) is 0. The second-order valence-corrected chi connectivity index (χ2v) is 13.5. The molecular formula is C31H44N2O13. The first kappa shape index (κ1) is 35.2. The van der Waals surface area contributed by atoms with E-state index in [1.165, 1.54) is 0 Å². The average molecular weight is 653 g/mol. The van der Waals surface area contributed by atoms with Crippen LogP contribution in [0.25, 0.3) is 0 Å². The van der Waals surface area contributed by atoms with Crippen molar-refractivity contribution in [2.75, 3.05) is 19.8 Å². The Hall–Kier alpha value is -3.62. The number of esters is 2. The van der Waals surface area contributed by atoms with E-state index in [-0.39, 0.29) is 74.3 Å². The fourth-order valence-electron chi connectivity index (χ4n) is 8.98. The van der Waals surface area contributed by atoms with Gasteiger partial charge in [-0.05, 0) is 87.0 Å². The van der Waals surface area contributed by atoms with Gasteiger partial charge in [0.1, 0.15) is 0 Å². The zero-order chi connectivity index (χ0) is 33.7. The van der Waals surface area contributed by atoms with Gasteiger partial charge in [0.2, 0.25) is 5.78 Å². The number of nitrogens with zero attached hydrogens (tertiary/aromatic N) is 2. The Morgan fingerprint density at radius 1 is 0.935 bits per heavy atom. The molecule has 4 rings (SSSR count). The van der Waals surface area contributed by atoms with Crippen molar-refractivity contribution in [1.82, 2.24) is 0 Å². The van der Waals surface area contributed by atoms with Crippen LogP contribution < -0.4 is 0 Å². The van der Waals surface area contributed by atoms with Crippen LogP contribution in [-0.2, 0) is 38.3 Å². The lowest BCUT2D eigenvalue weighted by Crippen LogP contribution is -2.63. The van der Waals surface area contributed by atoms with Gasteiger partial charge in [0.15, 0.2) is 18.0 Å². The molecule has 3 fully saturated rings. The molecule has 1 N–H and O–H groups in total. The summed E-state index contributed by atoms with van der Waals surface area (Å²) in [6, 6.07) is 0. The van der Waals surface area contributed by atoms with E-state index in [0.29, 0.717) is 44.9 Å². The van der Waals surface area contributed by atoms with Crippen LogP contribution in [0.5, 0.6) is 0 Å². The second kappa shape index (κ2) is 14.4. The Bertz CT molecular complexity index is 1250. The summed E-state index contributed by atoms with van der Waals surface area (Å²) < 4.78 is 11.4. The highest BCUT2D eigenvalue weighted by atomic mass is 17.0. The van der Waals surface area contributed by atoms with Crippen molar-refractivity contribution in [2.45, 2.75) is 109 Å². The van der Waals surface area contributed by atoms with Gasteiger partial charge in [0.05, 0.1) is 19.3 Å². The SMILES string of the molecule is C[C@]12CCC(=O)C=C1CCC1C3CC[C@](OC(=O)CCCCCO[N+](=O)[O-])(C(=O)COC(=O)CCCO[N+](=O)[O-])[C@@]3(C)C[C@H](O)[C@@H]12. The largest absolute Gasteiger partial charge is 0.457 e. The molecule has 0 saturated heterocycles. The quantitative estimate of drug-likeness (QED) is 0.109. The Labute approximate surface area is 266 Å². The number of ketones is 2. The van der Waals surface area contributed by atoms with Crippen molar-refractivity contribution in [3.8, 4) is 0 Å². The smallest absolute Gasteiger partial charge is 0.306 e. The first-order chi connectivity index (χ1) is 21.7. The molecule has 0 heterocycles. The summed E-state index contributed by atoms with van der Waals surface area (Å²) in [5.41, 5.74) is -1.91. The minimum Gasteiger partial charge on any atom is -0.457 e. The van der Waals surface area contributed by atoms with Gasteiger partial charge in [0, 0.05) is 24.7 Å². The predicted octanol–water partition coefficient (Wildman–Crippen LogP) is 3.64. The molecule has 0 radical (unpaired) electrons. The Morgan fingerprint density at radius 2 is 1.61 bits per heavy atom. The minimum absolute atomic E-state index is 0.0106. The fourth-order valence-corrected chi connectivity index (χ4v) is 8.98. The summed E-state index contributed by atoms with van der Waals surface area (Å²) >= 11 is 0. The molecule has 0 amide bonds. The molecule has 0 spiro atoms. The molecule has 2 unspecified atom stereocenters. The molecule has 0 aromatic rings. The van der Waals surface area contributed by atoms with E-state index in [9.17, 15) is 44.5 Å². The number of hydrogen-bond acceptors (Lipinski definition) is 13. The van der Waals surface area contributed by atoms with Crippen LogP contribution >= 0.6 is 0 Å². The third kappa shape index (κ3) is 7.18. The lowest BCUT2D eigenvalue weighted by atomic mass is 9.45. The maximum Gasteiger partial charge on any atom is 0.306 e. The molecule has 46 heavy (non-hydrogen) atoms. The zero-order valence-electron chi connectivity index (χ0n) is 26.4. The van der Waals surface area contributed by atoms with E-state index < -0.39 is 51.6 Å². The number of Topliss-reactive ketones (excluding diaryl/α,β-unsaturated/α-hetero) is 1. The number of carbonyl (C=O) groups excluding carboxylic acids is 4. The third-order valence-electron chi connectivity index (χ3n) is 11.1. The molecule has 3 saturated carbocycles. The molecular weight excluding hydrogens is 608 g/mol. The number of rotatable bonds is 16. The predicted molar refractivity (Wildman–Crippen MR) is 156 cm³/mol. The van der Waals surface area contributed by atoms with Crippen LogP contribution in [-0.4, -0.2) is 70.3 Å². The summed E-state index contributed by atoms with van der Waals surface area (Å²) in [5.74, 6) is -2.06. The molecule has 7 atom stereocenters. The summed E-state index contributed by atoms with van der Waals surface area (Å²) in [6.07, 6.45) is 5.26. The number of ether oxygens (including phenoxy) is 2. The molecule has 0 bridgehead atoms. The standard InChI is InChI=1S/C31H44N2O13/c1-29-13-11-21(34)17-20(29)9-10-22-23-12-14-31(30(23,2)18-24(35)28(22)29,46-27(38)7-4-3-5-15-44-32(39)40)25(36)19-43-26(37)8-6-16-45-33(41)42/h17,22-24,28,35H,3-16,18-19H2,1-2H3/t22?,23?,24-,28+,29-,30-,31-/m0/s1. The summed E-state index contributed by atoms with van der Waals surface area (Å²) in [4.78, 5) is 81.2. The number of aliphatic hydroxyl groups is 1. The van der Waals surface area contributed by atoms with E-state index in [1.54, 1.807) is 6.08 Å². The lowest BCUT2D eigenvalue weighted by Gasteiger charge is -2.60. The lowest BCUT2D eigenvalue weighted by molar-refractivity contribution is -0.757. The topological polar surface area (TPSA) is 212 Å². The van der Waals surface area contributed by atoms with Crippen LogP contribution in [0.3, 0.4) is 0 Å². The van der Waals surface area contributed by atoms with Crippen molar-refractivity contribution in [2.24, 2.45) is 28.6 Å². The molecule has 4 aliphatic carbocycles. The zero-order valence-corrected chi connectivity index (χ0v) is 26.4. The van der Waals surface area contributed by atoms with Gasteiger partial charge < -0.3 is 24.3 Å². The Kier molecular flexibility index (Phi) is 11.1. The number of hydrogen-bond donors (Lipinski definition) is 1. The van der Waals surface area contributed by atoms with Crippen molar-refractivity contribution in [1.29, 1.82) is 0 Å². The summed E-state index contributed by atoms with van der Waals surface area (Å²) in [6.45, 7) is 2.92. The number of unbranched alkanes of at least 4 members (excludes halogenated alkanes) is 2. The van der Waals surface area contributed by atoms with Gasteiger partial charge in [-0.1, -0.05) is 25.8 Å². The van der Waals surface area contributed by atoms with Gasteiger partial charge >= 0.3 is 11.9 Å². The summed E-state index contributed by atoms with van der Waals surface area (Å²) in [5, 5.41) is 30.7. The van der Waals surface area contributed by atoms with Crippen LogP contribution in [0.15, 0.2) is 11.6 Å². The van der Waals surface area contributed by atoms with Crippen LogP contribution in [0, 0.1) is 48.8 Å². The molecule has 15 nitrogen and oxygen atoms in total. The molecule has 0 aromatic carbocycles. The maximum atomic E-state index is 14.1. The highest BCUT2D eigenvalue weighted by Gasteiger charge is 2.70. The van der Waals surface area contributed by atoms with E-state index in [0.717, 1.165) is 12.0 Å². The molecule has 256 valence electrons. The van der Waals surface area contributed by atoms with Crippen LogP contribution in [0.4, 0.5) is 0 Å². The van der Waals surface area contributed by atoms with Gasteiger partial charge in [-0.15, -0.1) is 20.2 Å². The van der Waals surface area contributed by atoms with Crippen molar-refractivity contribution in [3.63, 3.8) is 0 Å². The molecule has 0 aromatic heterocycles.